The molecule has 0 aliphatic heterocycles. The number of rotatable bonds is 7. The van der Waals surface area contributed by atoms with Crippen LogP contribution in [-0.4, -0.2) is 34.4 Å². The van der Waals surface area contributed by atoms with Gasteiger partial charge in [-0.05, 0) is 6.42 Å². The van der Waals surface area contributed by atoms with Gasteiger partial charge in [0.2, 0.25) is 15.8 Å². The monoisotopic (exact) mass is 326 g/mol. The molecule has 3 N–H and O–H groups in total. The van der Waals surface area contributed by atoms with Gasteiger partial charge in [0.1, 0.15) is 4.90 Å². The van der Waals surface area contributed by atoms with Gasteiger partial charge < -0.3 is 10.3 Å². The van der Waals surface area contributed by atoms with Crippen LogP contribution >= 0.6 is 0 Å². The molecular formula is C11H14N6O4S. The Labute approximate surface area is 126 Å². The van der Waals surface area contributed by atoms with Gasteiger partial charge in [0.25, 0.3) is 0 Å². The number of hydrogen-bond donors (Lipinski definition) is 2. The zero-order valence-corrected chi connectivity index (χ0v) is 12.2. The van der Waals surface area contributed by atoms with Crippen molar-refractivity contribution in [1.82, 2.24) is 19.3 Å². The van der Waals surface area contributed by atoms with Crippen molar-refractivity contribution in [2.24, 2.45) is 0 Å². The van der Waals surface area contributed by atoms with Gasteiger partial charge in [-0.15, -0.1) is 0 Å². The molecule has 0 unspecified atom stereocenters. The first kappa shape index (κ1) is 15.9. The fraction of sp³-hybridized carbons (Fsp3) is 0.273. The molecule has 0 fully saturated rings. The summed E-state index contributed by atoms with van der Waals surface area (Å²) in [5.41, 5.74) is 4.79. The second-order valence-corrected chi connectivity index (χ2v) is 6.15. The number of anilines is 1. The van der Waals surface area contributed by atoms with Gasteiger partial charge in [-0.2, -0.15) is 0 Å². The van der Waals surface area contributed by atoms with Crippen molar-refractivity contribution >= 4 is 21.5 Å². The number of aryl methyl sites for hydroxylation is 1. The molecule has 0 spiro atoms. The third kappa shape index (κ3) is 3.77. The summed E-state index contributed by atoms with van der Waals surface area (Å²) in [6.45, 7) is 0.779. The molecule has 10 nitrogen and oxygen atoms in total. The molecule has 2 rings (SSSR count). The summed E-state index contributed by atoms with van der Waals surface area (Å²) in [6.07, 6.45) is 6.55. The van der Waals surface area contributed by atoms with Crippen molar-refractivity contribution in [3.8, 4) is 0 Å². The molecule has 0 radical (unpaired) electrons. The average molecular weight is 326 g/mol. The Morgan fingerprint density at radius 1 is 1.45 bits per heavy atom. The molecule has 0 atom stereocenters. The standard InChI is InChI=1S/C11H14N6O4S/c12-11-10(17(18)19)6-9(7-14-11)22(20,21)15-2-1-4-16-5-3-13-8-16/h3,5-8,15H,1-2,4H2,(H2,12,14). The Kier molecular flexibility index (Phi) is 4.68. The van der Waals surface area contributed by atoms with Crippen LogP contribution in [0.1, 0.15) is 6.42 Å². The summed E-state index contributed by atoms with van der Waals surface area (Å²) in [6, 6.07) is 0.889. The van der Waals surface area contributed by atoms with E-state index in [9.17, 15) is 18.5 Å². The van der Waals surface area contributed by atoms with Crippen molar-refractivity contribution in [2.75, 3.05) is 12.3 Å². The van der Waals surface area contributed by atoms with Crippen molar-refractivity contribution in [3.05, 3.63) is 41.1 Å². The maximum Gasteiger partial charge on any atom is 0.312 e. The van der Waals surface area contributed by atoms with Gasteiger partial charge in [0.05, 0.1) is 11.3 Å². The van der Waals surface area contributed by atoms with Crippen molar-refractivity contribution in [1.29, 1.82) is 0 Å². The number of nitrogens with zero attached hydrogens (tertiary/aromatic N) is 4. The highest BCUT2D eigenvalue weighted by Crippen LogP contribution is 2.21. The summed E-state index contributed by atoms with van der Waals surface area (Å²) in [5, 5.41) is 10.8. The zero-order valence-electron chi connectivity index (χ0n) is 11.4. The first-order valence-corrected chi connectivity index (χ1v) is 7.74. The number of aromatic nitrogens is 3. The van der Waals surface area contributed by atoms with Crippen LogP contribution in [0.25, 0.3) is 0 Å². The number of hydrogen-bond acceptors (Lipinski definition) is 7. The van der Waals surface area contributed by atoms with E-state index in [2.05, 4.69) is 14.7 Å². The zero-order chi connectivity index (χ0) is 16.2. The largest absolute Gasteiger partial charge is 0.378 e. The molecule has 118 valence electrons. The van der Waals surface area contributed by atoms with Gasteiger partial charge >= 0.3 is 5.69 Å². The summed E-state index contributed by atoms with van der Waals surface area (Å²) in [5.74, 6) is -0.330. The molecule has 2 aromatic heterocycles. The lowest BCUT2D eigenvalue weighted by Gasteiger charge is -2.07. The predicted molar refractivity (Wildman–Crippen MR) is 77.3 cm³/mol. The fourth-order valence-electron chi connectivity index (χ4n) is 1.71. The first-order chi connectivity index (χ1) is 10.4. The van der Waals surface area contributed by atoms with Crippen LogP contribution in [0.2, 0.25) is 0 Å². The van der Waals surface area contributed by atoms with E-state index in [4.69, 9.17) is 5.73 Å². The maximum atomic E-state index is 12.0. The predicted octanol–water partition coefficient (Wildman–Crippen LogP) is 0.137. The summed E-state index contributed by atoms with van der Waals surface area (Å²) >= 11 is 0. The third-order valence-electron chi connectivity index (χ3n) is 2.82. The lowest BCUT2D eigenvalue weighted by Crippen LogP contribution is -2.25. The second-order valence-electron chi connectivity index (χ2n) is 4.38. The second kappa shape index (κ2) is 6.49. The van der Waals surface area contributed by atoms with Crippen LogP contribution in [0.5, 0.6) is 0 Å². The van der Waals surface area contributed by atoms with Crippen molar-refractivity contribution in [3.63, 3.8) is 0 Å². The quantitative estimate of drug-likeness (QED) is 0.418. The molecule has 22 heavy (non-hydrogen) atoms. The van der Waals surface area contributed by atoms with Crippen LogP contribution < -0.4 is 10.5 Å². The first-order valence-electron chi connectivity index (χ1n) is 6.25. The molecule has 11 heteroatoms. The Morgan fingerprint density at radius 3 is 2.86 bits per heavy atom. The molecule has 0 aliphatic carbocycles. The summed E-state index contributed by atoms with van der Waals surface area (Å²) < 4.78 is 28.3. The summed E-state index contributed by atoms with van der Waals surface area (Å²) in [7, 11) is -3.87. The van der Waals surface area contributed by atoms with Crippen LogP contribution in [0, 0.1) is 10.1 Å². The maximum absolute atomic E-state index is 12.0. The number of pyridine rings is 1. The van der Waals surface area contributed by atoms with Gasteiger partial charge in [-0.25, -0.2) is 23.1 Å². The number of nitro groups is 1. The van der Waals surface area contributed by atoms with Gasteiger partial charge in [0.15, 0.2) is 0 Å². The molecular weight excluding hydrogens is 312 g/mol. The van der Waals surface area contributed by atoms with Gasteiger partial charge in [-0.3, -0.25) is 10.1 Å². The minimum absolute atomic E-state index is 0.179. The Balaban J connectivity index is 2.00. The minimum atomic E-state index is -3.87. The van der Waals surface area contributed by atoms with Crippen LogP contribution in [0.3, 0.4) is 0 Å². The van der Waals surface area contributed by atoms with E-state index in [0.29, 0.717) is 13.0 Å². The summed E-state index contributed by atoms with van der Waals surface area (Å²) in [4.78, 5) is 17.1. The Morgan fingerprint density at radius 2 is 2.23 bits per heavy atom. The topological polar surface area (TPSA) is 146 Å². The van der Waals surface area contributed by atoms with Crippen molar-refractivity contribution in [2.45, 2.75) is 17.9 Å². The molecule has 0 aromatic carbocycles. The smallest absolute Gasteiger partial charge is 0.312 e. The number of sulfonamides is 1. The highest BCUT2D eigenvalue weighted by molar-refractivity contribution is 7.89. The van der Waals surface area contributed by atoms with Crippen LogP contribution in [0.15, 0.2) is 35.9 Å². The Hall–Kier alpha value is -2.53. The van der Waals surface area contributed by atoms with Crippen molar-refractivity contribution < 1.29 is 13.3 Å². The lowest BCUT2D eigenvalue weighted by atomic mass is 10.4. The third-order valence-corrected chi connectivity index (χ3v) is 4.25. The van der Waals surface area contributed by atoms with E-state index in [1.54, 1.807) is 18.7 Å². The highest BCUT2D eigenvalue weighted by Gasteiger charge is 2.20. The fourth-order valence-corrected chi connectivity index (χ4v) is 2.75. The van der Waals surface area contributed by atoms with Gasteiger partial charge in [0, 0.05) is 37.7 Å². The molecule has 2 aromatic rings. The van der Waals surface area contributed by atoms with Crippen LogP contribution in [0.4, 0.5) is 11.5 Å². The average Bonchev–Trinajstić information content (AvgIpc) is 2.97. The van der Waals surface area contributed by atoms with E-state index in [-0.39, 0.29) is 17.3 Å². The number of nitrogens with two attached hydrogens (primary N) is 1. The van der Waals surface area contributed by atoms with E-state index in [1.165, 1.54) is 0 Å². The number of nitrogens with one attached hydrogen (secondary N) is 1. The molecule has 2 heterocycles. The minimum Gasteiger partial charge on any atom is -0.378 e. The lowest BCUT2D eigenvalue weighted by molar-refractivity contribution is -0.384. The number of nitrogen functional groups attached to an aromatic ring is 1. The highest BCUT2D eigenvalue weighted by atomic mass is 32.2. The SMILES string of the molecule is Nc1ncc(S(=O)(=O)NCCCn2ccnc2)cc1[N+](=O)[O-]. The van der Waals surface area contributed by atoms with E-state index < -0.39 is 20.6 Å². The van der Waals surface area contributed by atoms with E-state index >= 15 is 0 Å². The molecule has 0 saturated carbocycles. The van der Waals surface area contributed by atoms with E-state index in [1.807, 2.05) is 4.57 Å². The van der Waals surface area contributed by atoms with Crippen LogP contribution in [-0.2, 0) is 16.6 Å². The number of imidazole rings is 1. The molecule has 0 bridgehead atoms. The Bertz CT molecular complexity index is 759. The molecule has 0 aliphatic rings. The molecule has 0 saturated heterocycles. The van der Waals surface area contributed by atoms with E-state index in [0.717, 1.165) is 12.3 Å². The normalized spacial score (nSPS) is 11.5. The van der Waals surface area contributed by atoms with Gasteiger partial charge in [-0.1, -0.05) is 0 Å². The molecule has 0 amide bonds.